The third-order valence-corrected chi connectivity index (χ3v) is 5.19. The normalized spacial score (nSPS) is 21.1. The van der Waals surface area contributed by atoms with Crippen molar-refractivity contribution in [2.45, 2.75) is 31.5 Å². The fourth-order valence-electron chi connectivity index (χ4n) is 3.98. The quantitative estimate of drug-likeness (QED) is 0.626. The molecule has 1 unspecified atom stereocenters. The van der Waals surface area contributed by atoms with Crippen LogP contribution < -0.4 is 4.90 Å². The molecule has 3 heterocycles. The van der Waals surface area contributed by atoms with Crippen molar-refractivity contribution < 1.29 is 9.59 Å². The van der Waals surface area contributed by atoms with Crippen molar-refractivity contribution in [3.63, 3.8) is 0 Å². The van der Waals surface area contributed by atoms with Crippen LogP contribution in [0.5, 0.6) is 0 Å². The average molecular weight is 336 g/mol. The van der Waals surface area contributed by atoms with Gasteiger partial charge in [0.25, 0.3) is 0 Å². The molecule has 0 radical (unpaired) electrons. The summed E-state index contributed by atoms with van der Waals surface area (Å²) in [4.78, 5) is 36.4. The molecule has 1 saturated heterocycles. The number of hydrogen-bond acceptors (Lipinski definition) is 6. The molecule has 0 aliphatic carbocycles. The predicted octanol–water partition coefficient (Wildman–Crippen LogP) is 1.77. The van der Waals surface area contributed by atoms with Gasteiger partial charge in [0.2, 0.25) is 11.7 Å². The van der Waals surface area contributed by atoms with Gasteiger partial charge in [-0.3, -0.25) is 14.5 Å². The molecule has 2 aliphatic rings. The van der Waals surface area contributed by atoms with E-state index in [1.54, 1.807) is 12.4 Å². The second-order valence-corrected chi connectivity index (χ2v) is 6.56. The number of ketones is 1. The van der Waals surface area contributed by atoms with Crippen LogP contribution in [0.1, 0.15) is 30.0 Å². The van der Waals surface area contributed by atoms with E-state index in [0.717, 1.165) is 49.6 Å². The van der Waals surface area contributed by atoms with Gasteiger partial charge in [-0.15, -0.1) is 0 Å². The van der Waals surface area contributed by atoms with Gasteiger partial charge < -0.3 is 4.90 Å². The molecule has 0 N–H and O–H groups in total. The summed E-state index contributed by atoms with van der Waals surface area (Å²) in [5.74, 6) is 0.407. The number of carbonyl (C=O) groups excluding carboxylic acids is 2. The maximum Gasteiger partial charge on any atom is 0.225 e. The highest BCUT2D eigenvalue weighted by molar-refractivity contribution is 6.27. The van der Waals surface area contributed by atoms with E-state index in [0.29, 0.717) is 6.29 Å². The fourth-order valence-corrected chi connectivity index (χ4v) is 3.98. The minimum atomic E-state index is -0.432. The maximum atomic E-state index is 12.3. The number of Topliss-reactive ketones (excluding diaryl/α,β-unsaturated/α-hetero) is 1. The maximum absolute atomic E-state index is 12.3. The Kier molecular flexibility index (Phi) is 4.28. The summed E-state index contributed by atoms with van der Waals surface area (Å²) in [7, 11) is 0. The Hall–Kier alpha value is -2.60. The van der Waals surface area contributed by atoms with E-state index in [1.807, 2.05) is 30.3 Å². The molecule has 0 bridgehead atoms. The van der Waals surface area contributed by atoms with Gasteiger partial charge in [0.15, 0.2) is 6.29 Å². The standard InChI is InChI=1S/C19H20N4O2/c24-13-17(25)18-16-5-2-1-4-14(16)12-23(18)15-6-10-22(11-7-15)19-20-8-3-9-21-19/h1-5,8-9,13,15,18H,6-7,10-12H2. The summed E-state index contributed by atoms with van der Waals surface area (Å²) in [6.07, 6.45) is 5.82. The smallest absolute Gasteiger partial charge is 0.225 e. The molecule has 6 nitrogen and oxygen atoms in total. The van der Waals surface area contributed by atoms with E-state index in [2.05, 4.69) is 19.8 Å². The number of rotatable bonds is 4. The molecule has 128 valence electrons. The van der Waals surface area contributed by atoms with Crippen LogP contribution in [0.3, 0.4) is 0 Å². The monoisotopic (exact) mass is 336 g/mol. The van der Waals surface area contributed by atoms with Crippen LogP contribution in [0.25, 0.3) is 0 Å². The number of benzene rings is 1. The van der Waals surface area contributed by atoms with Crippen LogP contribution >= 0.6 is 0 Å². The zero-order valence-corrected chi connectivity index (χ0v) is 13.9. The molecule has 1 atom stereocenters. The number of nitrogens with zero attached hydrogens (tertiary/aromatic N) is 4. The van der Waals surface area contributed by atoms with Crippen LogP contribution in [0.2, 0.25) is 0 Å². The van der Waals surface area contributed by atoms with Crippen molar-refractivity contribution in [3.8, 4) is 0 Å². The number of carbonyl (C=O) groups is 2. The largest absolute Gasteiger partial charge is 0.341 e. The predicted molar refractivity (Wildman–Crippen MR) is 93.1 cm³/mol. The van der Waals surface area contributed by atoms with Crippen molar-refractivity contribution in [2.24, 2.45) is 0 Å². The van der Waals surface area contributed by atoms with E-state index in [1.165, 1.54) is 0 Å². The number of piperidine rings is 1. The van der Waals surface area contributed by atoms with E-state index in [9.17, 15) is 9.59 Å². The lowest BCUT2D eigenvalue weighted by atomic mass is 9.98. The van der Waals surface area contributed by atoms with Gasteiger partial charge in [0, 0.05) is 38.1 Å². The summed E-state index contributed by atoms with van der Waals surface area (Å²) in [5.41, 5.74) is 2.13. The summed E-state index contributed by atoms with van der Waals surface area (Å²) < 4.78 is 0. The van der Waals surface area contributed by atoms with Crippen LogP contribution in [-0.4, -0.2) is 46.1 Å². The SMILES string of the molecule is O=CC(=O)C1c2ccccc2CN1C1CCN(c2ncccn2)CC1. The van der Waals surface area contributed by atoms with Crippen LogP contribution in [-0.2, 0) is 16.1 Å². The molecule has 0 spiro atoms. The van der Waals surface area contributed by atoms with Crippen molar-refractivity contribution in [1.29, 1.82) is 0 Å². The zero-order valence-electron chi connectivity index (χ0n) is 13.9. The topological polar surface area (TPSA) is 66.4 Å². The fraction of sp³-hybridized carbons (Fsp3) is 0.368. The third-order valence-electron chi connectivity index (χ3n) is 5.19. The first-order valence-electron chi connectivity index (χ1n) is 8.62. The van der Waals surface area contributed by atoms with Gasteiger partial charge in [-0.1, -0.05) is 24.3 Å². The molecule has 0 saturated carbocycles. The summed E-state index contributed by atoms with van der Waals surface area (Å²) in [5, 5.41) is 0. The Labute approximate surface area is 146 Å². The van der Waals surface area contributed by atoms with Crippen molar-refractivity contribution in [3.05, 3.63) is 53.9 Å². The minimum Gasteiger partial charge on any atom is -0.341 e. The molecule has 1 fully saturated rings. The second kappa shape index (κ2) is 6.72. The average Bonchev–Trinajstić information content (AvgIpc) is 3.08. The van der Waals surface area contributed by atoms with Gasteiger partial charge in [-0.05, 0) is 30.0 Å². The van der Waals surface area contributed by atoms with Crippen molar-refractivity contribution >= 4 is 18.0 Å². The first kappa shape index (κ1) is 15.9. The molecule has 2 aliphatic heterocycles. The lowest BCUT2D eigenvalue weighted by Crippen LogP contribution is -2.46. The lowest BCUT2D eigenvalue weighted by molar-refractivity contribution is -0.134. The van der Waals surface area contributed by atoms with E-state index in [-0.39, 0.29) is 11.8 Å². The highest BCUT2D eigenvalue weighted by atomic mass is 16.2. The lowest BCUT2D eigenvalue weighted by Gasteiger charge is -2.38. The molecule has 25 heavy (non-hydrogen) atoms. The zero-order chi connectivity index (χ0) is 17.2. The van der Waals surface area contributed by atoms with Gasteiger partial charge >= 0.3 is 0 Å². The Balaban J connectivity index is 1.51. The number of aromatic nitrogens is 2. The Morgan fingerprint density at radius 3 is 2.52 bits per heavy atom. The van der Waals surface area contributed by atoms with Crippen LogP contribution in [0, 0.1) is 0 Å². The molecule has 1 aromatic carbocycles. The number of anilines is 1. The Bertz CT molecular complexity index is 772. The molecule has 6 heteroatoms. The van der Waals surface area contributed by atoms with E-state index >= 15 is 0 Å². The third kappa shape index (κ3) is 2.93. The minimum absolute atomic E-state index is 0.279. The molecule has 4 rings (SSSR count). The highest BCUT2D eigenvalue weighted by Crippen LogP contribution is 2.38. The molecule has 2 aromatic rings. The Morgan fingerprint density at radius 2 is 1.80 bits per heavy atom. The highest BCUT2D eigenvalue weighted by Gasteiger charge is 2.39. The van der Waals surface area contributed by atoms with E-state index < -0.39 is 6.04 Å². The summed E-state index contributed by atoms with van der Waals surface area (Å²) >= 11 is 0. The van der Waals surface area contributed by atoms with Crippen LogP contribution in [0.15, 0.2) is 42.7 Å². The molecule has 1 aromatic heterocycles. The van der Waals surface area contributed by atoms with Gasteiger partial charge in [-0.25, -0.2) is 9.97 Å². The van der Waals surface area contributed by atoms with Gasteiger partial charge in [-0.2, -0.15) is 0 Å². The number of fused-ring (bicyclic) bond motifs is 1. The van der Waals surface area contributed by atoms with Crippen molar-refractivity contribution in [2.75, 3.05) is 18.0 Å². The summed E-state index contributed by atoms with van der Waals surface area (Å²) in [6, 6.07) is 9.59. The first-order chi connectivity index (χ1) is 12.3. The van der Waals surface area contributed by atoms with Crippen LogP contribution in [0.4, 0.5) is 5.95 Å². The second-order valence-electron chi connectivity index (χ2n) is 6.56. The Morgan fingerprint density at radius 1 is 1.08 bits per heavy atom. The van der Waals surface area contributed by atoms with Crippen molar-refractivity contribution in [1.82, 2.24) is 14.9 Å². The first-order valence-corrected chi connectivity index (χ1v) is 8.62. The summed E-state index contributed by atoms with van der Waals surface area (Å²) in [6.45, 7) is 2.43. The molecular weight excluding hydrogens is 316 g/mol. The molecular formula is C19H20N4O2. The number of aldehydes is 1. The van der Waals surface area contributed by atoms with E-state index in [4.69, 9.17) is 0 Å². The van der Waals surface area contributed by atoms with Gasteiger partial charge in [0.05, 0.1) is 0 Å². The van der Waals surface area contributed by atoms with Gasteiger partial charge in [0.1, 0.15) is 6.04 Å². The number of hydrogen-bond donors (Lipinski definition) is 0. The molecule has 0 amide bonds.